The van der Waals surface area contributed by atoms with Crippen LogP contribution in [0, 0.1) is 0 Å². The molecule has 0 radical (unpaired) electrons. The van der Waals surface area contributed by atoms with Crippen LogP contribution in [0.5, 0.6) is 0 Å². The zero-order chi connectivity index (χ0) is 20.8. The van der Waals surface area contributed by atoms with E-state index in [-0.39, 0.29) is 12.4 Å². The highest BCUT2D eigenvalue weighted by Gasteiger charge is 2.16. The first-order valence-electron chi connectivity index (χ1n) is 10.1. The van der Waals surface area contributed by atoms with Crippen molar-refractivity contribution in [3.05, 3.63) is 77.2 Å². The molecule has 0 atom stereocenters. The van der Waals surface area contributed by atoms with Gasteiger partial charge in [-0.3, -0.25) is 5.10 Å². The maximum atomic E-state index is 6.30. The third-order valence-corrected chi connectivity index (χ3v) is 6.01. The monoisotopic (exact) mass is 463 g/mol. The van der Waals surface area contributed by atoms with E-state index in [0.717, 1.165) is 52.9 Å². The van der Waals surface area contributed by atoms with Gasteiger partial charge in [-0.2, -0.15) is 5.10 Å². The van der Waals surface area contributed by atoms with Crippen LogP contribution in [0.25, 0.3) is 39.1 Å². The second-order valence-electron chi connectivity index (χ2n) is 7.60. The van der Waals surface area contributed by atoms with Gasteiger partial charge in [-0.1, -0.05) is 28.9 Å². The Morgan fingerprint density at radius 3 is 2.88 bits per heavy atom. The van der Waals surface area contributed by atoms with E-state index in [1.807, 2.05) is 30.5 Å². The van der Waals surface area contributed by atoms with Gasteiger partial charge in [0.2, 0.25) is 0 Å². The molecular formula is C23H19Cl2N7. The fourth-order valence-corrected chi connectivity index (χ4v) is 4.31. The number of pyridine rings is 1. The third kappa shape index (κ3) is 3.54. The van der Waals surface area contributed by atoms with Crippen LogP contribution in [0.15, 0.2) is 60.9 Å². The lowest BCUT2D eigenvalue weighted by Gasteiger charge is -2.17. The molecule has 0 bridgehead atoms. The second-order valence-corrected chi connectivity index (χ2v) is 7.96. The van der Waals surface area contributed by atoms with Crippen LogP contribution in [0.1, 0.15) is 11.1 Å². The summed E-state index contributed by atoms with van der Waals surface area (Å²) < 4.78 is 1.80. The fourth-order valence-electron chi connectivity index (χ4n) is 4.09. The number of nitrogens with zero attached hydrogens (tertiary/aromatic N) is 5. The Bertz CT molecular complexity index is 1420. The maximum absolute atomic E-state index is 6.30. The molecule has 2 aromatic carbocycles. The van der Waals surface area contributed by atoms with Crippen molar-refractivity contribution in [3.8, 4) is 28.2 Å². The summed E-state index contributed by atoms with van der Waals surface area (Å²) in [5.41, 5.74) is 7.93. The minimum absolute atomic E-state index is 0. The minimum atomic E-state index is 0. The summed E-state index contributed by atoms with van der Waals surface area (Å²) in [5, 5.41) is 21.2. The van der Waals surface area contributed by atoms with E-state index in [0.29, 0.717) is 10.8 Å². The van der Waals surface area contributed by atoms with Gasteiger partial charge in [0.1, 0.15) is 16.5 Å². The highest BCUT2D eigenvalue weighted by molar-refractivity contribution is 6.32. The number of hydrogen-bond donors (Lipinski definition) is 2. The number of aromatic amines is 1. The first-order valence-corrected chi connectivity index (χ1v) is 10.5. The molecule has 2 N–H and O–H groups in total. The summed E-state index contributed by atoms with van der Waals surface area (Å²) in [6.45, 7) is 1.91. The molecule has 1 aliphatic rings. The van der Waals surface area contributed by atoms with Gasteiger partial charge in [0, 0.05) is 23.7 Å². The van der Waals surface area contributed by atoms with Crippen LogP contribution >= 0.6 is 24.0 Å². The van der Waals surface area contributed by atoms with Crippen molar-refractivity contribution < 1.29 is 0 Å². The highest BCUT2D eigenvalue weighted by Crippen LogP contribution is 2.32. The number of fused-ring (bicyclic) bond motifs is 2. The smallest absolute Gasteiger partial charge is 0.136 e. The standard InChI is InChI=1S/C23H18ClN7.ClH/c24-23-18(2-1-8-26-23)15-4-6-20-19(11-15)22(29-27-20)21-13-31(30-28-21)17-5-3-14-7-9-25-12-16(14)10-17;/h1-6,8,10-11,13,25H,7,9,12H2,(H,27,29);1H. The molecule has 0 aliphatic carbocycles. The van der Waals surface area contributed by atoms with E-state index in [1.165, 1.54) is 11.1 Å². The summed E-state index contributed by atoms with van der Waals surface area (Å²) in [6, 6.07) is 16.3. The normalized spacial score (nSPS) is 13.0. The summed E-state index contributed by atoms with van der Waals surface area (Å²) in [7, 11) is 0. The van der Waals surface area contributed by atoms with Gasteiger partial charge in [0.05, 0.1) is 17.4 Å². The Kier molecular flexibility index (Phi) is 5.38. The van der Waals surface area contributed by atoms with Crippen molar-refractivity contribution in [1.82, 2.24) is 35.5 Å². The van der Waals surface area contributed by atoms with E-state index in [2.05, 4.69) is 55.1 Å². The molecule has 0 saturated carbocycles. The molecule has 0 amide bonds. The quantitative estimate of drug-likeness (QED) is 0.382. The van der Waals surface area contributed by atoms with Crippen molar-refractivity contribution in [2.45, 2.75) is 13.0 Å². The van der Waals surface area contributed by atoms with Gasteiger partial charge < -0.3 is 5.32 Å². The lowest BCUT2D eigenvalue weighted by Crippen LogP contribution is -2.23. The zero-order valence-corrected chi connectivity index (χ0v) is 18.5. The Morgan fingerprint density at radius 2 is 1.97 bits per heavy atom. The van der Waals surface area contributed by atoms with E-state index in [4.69, 9.17) is 11.6 Å². The largest absolute Gasteiger partial charge is 0.312 e. The average molecular weight is 464 g/mol. The number of nitrogens with one attached hydrogen (secondary N) is 2. The third-order valence-electron chi connectivity index (χ3n) is 5.71. The topological polar surface area (TPSA) is 84.3 Å². The highest BCUT2D eigenvalue weighted by atomic mass is 35.5. The minimum Gasteiger partial charge on any atom is -0.312 e. The van der Waals surface area contributed by atoms with Crippen LogP contribution in [0.3, 0.4) is 0 Å². The zero-order valence-electron chi connectivity index (χ0n) is 16.9. The molecule has 32 heavy (non-hydrogen) atoms. The summed E-state index contributed by atoms with van der Waals surface area (Å²) in [6.07, 6.45) is 4.65. The molecular weight excluding hydrogens is 445 g/mol. The van der Waals surface area contributed by atoms with Gasteiger partial charge in [0.15, 0.2) is 0 Å². The van der Waals surface area contributed by atoms with Crippen molar-refractivity contribution in [3.63, 3.8) is 0 Å². The summed E-state index contributed by atoms with van der Waals surface area (Å²) in [4.78, 5) is 4.18. The lowest BCUT2D eigenvalue weighted by molar-refractivity contribution is 0.642. The van der Waals surface area contributed by atoms with Gasteiger partial charge >= 0.3 is 0 Å². The molecule has 0 unspecified atom stereocenters. The molecule has 0 saturated heterocycles. The number of H-pyrrole nitrogens is 1. The van der Waals surface area contributed by atoms with E-state index < -0.39 is 0 Å². The first-order chi connectivity index (χ1) is 15.3. The van der Waals surface area contributed by atoms with Gasteiger partial charge in [-0.25, -0.2) is 9.67 Å². The van der Waals surface area contributed by atoms with Gasteiger partial charge in [-0.05, 0) is 66.1 Å². The summed E-state index contributed by atoms with van der Waals surface area (Å²) >= 11 is 6.30. The van der Waals surface area contributed by atoms with Crippen molar-refractivity contribution in [2.24, 2.45) is 0 Å². The van der Waals surface area contributed by atoms with Crippen molar-refractivity contribution in [2.75, 3.05) is 6.54 Å². The average Bonchev–Trinajstić information content (AvgIpc) is 3.46. The van der Waals surface area contributed by atoms with Crippen molar-refractivity contribution >= 4 is 34.9 Å². The van der Waals surface area contributed by atoms with E-state index in [1.54, 1.807) is 10.9 Å². The molecule has 7 nitrogen and oxygen atoms in total. The maximum Gasteiger partial charge on any atom is 0.136 e. The van der Waals surface area contributed by atoms with E-state index in [9.17, 15) is 0 Å². The van der Waals surface area contributed by atoms with Crippen LogP contribution in [0.2, 0.25) is 5.15 Å². The van der Waals surface area contributed by atoms with E-state index >= 15 is 0 Å². The number of halogens is 2. The number of aromatic nitrogens is 6. The molecule has 4 heterocycles. The molecule has 0 fully saturated rings. The van der Waals surface area contributed by atoms with Crippen LogP contribution < -0.4 is 5.32 Å². The fraction of sp³-hybridized carbons (Fsp3) is 0.130. The van der Waals surface area contributed by atoms with Gasteiger partial charge in [-0.15, -0.1) is 17.5 Å². The molecule has 1 aliphatic heterocycles. The Balaban J connectivity index is 0.00000216. The number of benzene rings is 2. The molecule has 5 aromatic rings. The van der Waals surface area contributed by atoms with Gasteiger partial charge in [0.25, 0.3) is 0 Å². The predicted octanol–water partition coefficient (Wildman–Crippen LogP) is 4.59. The molecule has 9 heteroatoms. The summed E-state index contributed by atoms with van der Waals surface area (Å²) in [5.74, 6) is 0. The Morgan fingerprint density at radius 1 is 1.03 bits per heavy atom. The first kappa shape index (κ1) is 20.6. The Labute approximate surface area is 195 Å². The van der Waals surface area contributed by atoms with Crippen LogP contribution in [-0.2, 0) is 13.0 Å². The molecule has 160 valence electrons. The Hall–Kier alpha value is -3.26. The SMILES string of the molecule is Cl.Clc1ncccc1-c1ccc2[nH]nc(-c3cn(-c4ccc5c(c4)CNCC5)nn3)c2c1. The number of rotatable bonds is 3. The molecule has 0 spiro atoms. The number of hydrogen-bond acceptors (Lipinski definition) is 5. The predicted molar refractivity (Wildman–Crippen MR) is 127 cm³/mol. The molecule has 6 rings (SSSR count). The second kappa shape index (κ2) is 8.35. The lowest BCUT2D eigenvalue weighted by atomic mass is 10.0. The molecule has 3 aromatic heterocycles. The van der Waals surface area contributed by atoms with Crippen molar-refractivity contribution in [1.29, 1.82) is 0 Å². The van der Waals surface area contributed by atoms with Crippen LogP contribution in [0.4, 0.5) is 0 Å². The van der Waals surface area contributed by atoms with Crippen LogP contribution in [-0.4, -0.2) is 36.7 Å².